The molecule has 1 unspecified atom stereocenters. The molecule has 2 aliphatic rings. The Morgan fingerprint density at radius 1 is 1.07 bits per heavy atom. The van der Waals surface area contributed by atoms with E-state index in [-0.39, 0.29) is 23.8 Å². The molecule has 0 aromatic heterocycles. The zero-order chi connectivity index (χ0) is 21.1. The van der Waals surface area contributed by atoms with Crippen molar-refractivity contribution in [1.29, 1.82) is 0 Å². The van der Waals surface area contributed by atoms with Crippen LogP contribution in [0.2, 0.25) is 5.02 Å². The van der Waals surface area contributed by atoms with Gasteiger partial charge in [-0.2, -0.15) is 0 Å². The number of urea groups is 1. The van der Waals surface area contributed by atoms with E-state index in [9.17, 15) is 14.4 Å². The summed E-state index contributed by atoms with van der Waals surface area (Å²) < 4.78 is 0. The van der Waals surface area contributed by atoms with Gasteiger partial charge >= 0.3 is 6.03 Å². The highest BCUT2D eigenvalue weighted by molar-refractivity contribution is 6.30. The summed E-state index contributed by atoms with van der Waals surface area (Å²) >= 11 is 6.00. The summed E-state index contributed by atoms with van der Waals surface area (Å²) in [6, 6.07) is 16.9. The Bertz CT molecular complexity index is 938. The summed E-state index contributed by atoms with van der Waals surface area (Å²) in [6.45, 7) is 0. The molecule has 4 amide bonds. The number of imide groups is 1. The largest absolute Gasteiger partial charge is 0.349 e. The molecule has 1 aliphatic heterocycles. The van der Waals surface area contributed by atoms with Gasteiger partial charge in [-0.05, 0) is 55.4 Å². The zero-order valence-electron chi connectivity index (χ0n) is 16.5. The van der Waals surface area contributed by atoms with Gasteiger partial charge in [0.25, 0.3) is 5.91 Å². The van der Waals surface area contributed by atoms with Gasteiger partial charge in [0.05, 0.1) is 6.04 Å². The molecule has 6 nitrogen and oxygen atoms in total. The van der Waals surface area contributed by atoms with Crippen LogP contribution in [0.15, 0.2) is 54.6 Å². The maximum absolute atomic E-state index is 13.1. The second-order valence-corrected chi connectivity index (χ2v) is 8.50. The average molecular weight is 426 g/mol. The minimum absolute atomic E-state index is 0.0163. The number of rotatable bonds is 5. The molecule has 0 bridgehead atoms. The summed E-state index contributed by atoms with van der Waals surface area (Å²) in [5.41, 5.74) is 1.27. The first-order chi connectivity index (χ1) is 14.4. The van der Waals surface area contributed by atoms with Crippen LogP contribution >= 0.6 is 11.6 Å². The van der Waals surface area contributed by atoms with E-state index in [1.165, 1.54) is 0 Å². The van der Waals surface area contributed by atoms with E-state index in [4.69, 9.17) is 11.6 Å². The van der Waals surface area contributed by atoms with Crippen LogP contribution in [-0.2, 0) is 16.0 Å². The minimum Gasteiger partial charge on any atom is -0.349 e. The van der Waals surface area contributed by atoms with E-state index in [2.05, 4.69) is 16.0 Å². The highest BCUT2D eigenvalue weighted by Crippen LogP contribution is 2.34. The molecule has 1 aliphatic carbocycles. The molecule has 2 aromatic carbocycles. The lowest BCUT2D eigenvalue weighted by Crippen LogP contribution is -2.51. The number of halogens is 1. The molecule has 3 N–H and O–H groups in total. The lowest BCUT2D eigenvalue weighted by Gasteiger charge is -2.34. The van der Waals surface area contributed by atoms with Crippen molar-refractivity contribution >= 4 is 29.4 Å². The standard InChI is InChI=1S/C23H24ClN3O3/c24-18-8-6-15(7-9-18)14-19(16-4-2-1-3-5-16)25-20(28)17-10-12-23(13-11-17)21(29)26-22(30)27-23/h1-9,17,19H,10-14H2,(H,25,28)(H2,26,27,29,30). The van der Waals surface area contributed by atoms with E-state index in [0.29, 0.717) is 37.1 Å². The third-order valence-electron chi connectivity index (χ3n) is 6.10. The average Bonchev–Trinajstić information content (AvgIpc) is 3.02. The van der Waals surface area contributed by atoms with Crippen molar-refractivity contribution in [3.8, 4) is 0 Å². The van der Waals surface area contributed by atoms with Crippen molar-refractivity contribution in [3.05, 3.63) is 70.7 Å². The van der Waals surface area contributed by atoms with E-state index in [0.717, 1.165) is 11.1 Å². The molecule has 1 saturated heterocycles. The van der Waals surface area contributed by atoms with Gasteiger partial charge in [0, 0.05) is 10.9 Å². The number of carbonyl (C=O) groups excluding carboxylic acids is 3. The lowest BCUT2D eigenvalue weighted by molar-refractivity contribution is -0.130. The molecule has 1 spiro atoms. The van der Waals surface area contributed by atoms with Gasteiger partial charge < -0.3 is 10.6 Å². The van der Waals surface area contributed by atoms with E-state index < -0.39 is 11.6 Å². The monoisotopic (exact) mass is 425 g/mol. The Kier molecular flexibility index (Phi) is 5.77. The van der Waals surface area contributed by atoms with Crippen LogP contribution in [-0.4, -0.2) is 23.4 Å². The van der Waals surface area contributed by atoms with Crippen molar-refractivity contribution in [2.75, 3.05) is 0 Å². The summed E-state index contributed by atoms with van der Waals surface area (Å²) in [6.07, 6.45) is 2.71. The van der Waals surface area contributed by atoms with E-state index >= 15 is 0 Å². The molecule has 2 fully saturated rings. The SMILES string of the molecule is O=C1NC(=O)C2(CCC(C(=O)NC(Cc3ccc(Cl)cc3)c3ccccc3)CC2)N1. The number of nitrogens with one attached hydrogen (secondary N) is 3. The topological polar surface area (TPSA) is 87.3 Å². The highest BCUT2D eigenvalue weighted by Gasteiger charge is 2.49. The lowest BCUT2D eigenvalue weighted by atomic mass is 9.76. The van der Waals surface area contributed by atoms with E-state index in [1.807, 2.05) is 54.6 Å². The van der Waals surface area contributed by atoms with Crippen molar-refractivity contribution < 1.29 is 14.4 Å². The van der Waals surface area contributed by atoms with Crippen molar-refractivity contribution in [2.45, 2.75) is 43.7 Å². The number of carbonyl (C=O) groups is 3. The fourth-order valence-corrected chi connectivity index (χ4v) is 4.46. The molecule has 1 saturated carbocycles. The van der Waals surface area contributed by atoms with Crippen molar-refractivity contribution in [3.63, 3.8) is 0 Å². The first-order valence-electron chi connectivity index (χ1n) is 10.2. The van der Waals surface area contributed by atoms with Crippen LogP contribution in [0.1, 0.15) is 42.9 Å². The van der Waals surface area contributed by atoms with Gasteiger partial charge in [-0.25, -0.2) is 4.79 Å². The molecule has 0 radical (unpaired) electrons. The van der Waals surface area contributed by atoms with Crippen molar-refractivity contribution in [1.82, 2.24) is 16.0 Å². The Labute approximate surface area is 180 Å². The smallest absolute Gasteiger partial charge is 0.322 e. The van der Waals surface area contributed by atoms with Gasteiger partial charge in [0.2, 0.25) is 5.91 Å². The Morgan fingerprint density at radius 3 is 2.33 bits per heavy atom. The number of hydrogen-bond donors (Lipinski definition) is 3. The summed E-state index contributed by atoms with van der Waals surface area (Å²) in [4.78, 5) is 36.7. The minimum atomic E-state index is -0.851. The molecular formula is C23H24ClN3O3. The second kappa shape index (κ2) is 8.48. The van der Waals surface area contributed by atoms with Crippen molar-refractivity contribution in [2.24, 2.45) is 5.92 Å². The van der Waals surface area contributed by atoms with Gasteiger partial charge in [-0.1, -0.05) is 54.1 Å². The van der Waals surface area contributed by atoms with Crippen LogP contribution in [0.5, 0.6) is 0 Å². The molecule has 4 rings (SSSR count). The maximum Gasteiger partial charge on any atom is 0.322 e. The van der Waals surface area contributed by atoms with Crippen LogP contribution in [0.25, 0.3) is 0 Å². The number of amides is 4. The third kappa shape index (κ3) is 4.33. The number of benzene rings is 2. The van der Waals surface area contributed by atoms with E-state index in [1.54, 1.807) is 0 Å². The maximum atomic E-state index is 13.1. The normalized spacial score (nSPS) is 24.2. The molecule has 2 aromatic rings. The van der Waals surface area contributed by atoms with Gasteiger partial charge in [-0.15, -0.1) is 0 Å². The fourth-order valence-electron chi connectivity index (χ4n) is 4.34. The summed E-state index contributed by atoms with van der Waals surface area (Å²) in [5, 5.41) is 8.93. The molecular weight excluding hydrogens is 402 g/mol. The van der Waals surface area contributed by atoms with Crippen LogP contribution in [0, 0.1) is 5.92 Å². The molecule has 156 valence electrons. The van der Waals surface area contributed by atoms with Gasteiger partial charge in [0.1, 0.15) is 5.54 Å². The quantitative estimate of drug-likeness (QED) is 0.640. The fraction of sp³-hybridized carbons (Fsp3) is 0.348. The summed E-state index contributed by atoms with van der Waals surface area (Å²) in [5.74, 6) is -0.481. The molecule has 7 heteroatoms. The third-order valence-corrected chi connectivity index (χ3v) is 6.35. The van der Waals surface area contributed by atoms with Crippen LogP contribution < -0.4 is 16.0 Å². The Morgan fingerprint density at radius 2 is 1.73 bits per heavy atom. The van der Waals surface area contributed by atoms with Crippen LogP contribution in [0.4, 0.5) is 4.79 Å². The summed E-state index contributed by atoms with van der Waals surface area (Å²) in [7, 11) is 0. The first kappa shape index (κ1) is 20.4. The first-order valence-corrected chi connectivity index (χ1v) is 10.6. The molecule has 30 heavy (non-hydrogen) atoms. The molecule has 1 atom stereocenters. The zero-order valence-corrected chi connectivity index (χ0v) is 17.2. The molecule has 1 heterocycles. The Hall–Kier alpha value is -2.86. The van der Waals surface area contributed by atoms with Gasteiger partial charge in [-0.3, -0.25) is 14.9 Å². The predicted molar refractivity (Wildman–Crippen MR) is 114 cm³/mol. The van der Waals surface area contributed by atoms with Gasteiger partial charge in [0.15, 0.2) is 0 Å². The highest BCUT2D eigenvalue weighted by atomic mass is 35.5. The van der Waals surface area contributed by atoms with Crippen LogP contribution in [0.3, 0.4) is 0 Å². The predicted octanol–water partition coefficient (Wildman–Crippen LogP) is 3.51. The Balaban J connectivity index is 1.44. The number of hydrogen-bond acceptors (Lipinski definition) is 3. The second-order valence-electron chi connectivity index (χ2n) is 8.07.